The van der Waals surface area contributed by atoms with Crippen LogP contribution in [0, 0.1) is 11.3 Å². The summed E-state index contributed by atoms with van der Waals surface area (Å²) >= 11 is 1.74. The van der Waals surface area contributed by atoms with Crippen LogP contribution in [0.3, 0.4) is 0 Å². The summed E-state index contributed by atoms with van der Waals surface area (Å²) in [6.07, 6.45) is 10.9. The third-order valence-corrected chi connectivity index (χ3v) is 5.12. The molecule has 0 amide bonds. The first-order valence-corrected chi connectivity index (χ1v) is 8.17. The highest BCUT2D eigenvalue weighted by molar-refractivity contribution is 8.00. The monoisotopic (exact) mass is 254 g/mol. The van der Waals surface area contributed by atoms with Gasteiger partial charge in [-0.2, -0.15) is 5.26 Å². The third-order valence-electron chi connectivity index (χ3n) is 3.84. The number of thioether (sulfide) groups is 1. The van der Waals surface area contributed by atoms with Crippen LogP contribution in [-0.2, 0) is 0 Å². The summed E-state index contributed by atoms with van der Waals surface area (Å²) in [7, 11) is 0. The fraction of sp³-hybridized carbons (Fsp3) is 0.929. The van der Waals surface area contributed by atoms with Crippen molar-refractivity contribution >= 4 is 11.8 Å². The van der Waals surface area contributed by atoms with E-state index in [0.29, 0.717) is 0 Å². The molecule has 0 N–H and O–H groups in total. The molecular formula is C14H26N2S. The Labute approximate surface area is 111 Å². The molecule has 0 unspecified atom stereocenters. The molecule has 1 rings (SSSR count). The lowest BCUT2D eigenvalue weighted by Crippen LogP contribution is -2.41. The van der Waals surface area contributed by atoms with Crippen LogP contribution in [0.15, 0.2) is 0 Å². The second kappa shape index (κ2) is 8.00. The molecule has 1 aliphatic heterocycles. The predicted octanol–water partition coefficient (Wildman–Crippen LogP) is 3.68. The molecule has 0 aliphatic carbocycles. The van der Waals surface area contributed by atoms with Crippen molar-refractivity contribution in [1.82, 2.24) is 4.90 Å². The molecule has 0 spiro atoms. The lowest BCUT2D eigenvalue weighted by atomic mass is 9.97. The number of hydrogen-bond donors (Lipinski definition) is 0. The fourth-order valence-corrected chi connectivity index (χ4v) is 3.12. The second-order valence-electron chi connectivity index (χ2n) is 5.07. The highest BCUT2D eigenvalue weighted by atomic mass is 32.2. The predicted molar refractivity (Wildman–Crippen MR) is 76.3 cm³/mol. The minimum atomic E-state index is -0.0846. The average Bonchev–Trinajstić information content (AvgIpc) is 2.39. The Kier molecular flexibility index (Phi) is 6.99. The van der Waals surface area contributed by atoms with Crippen LogP contribution in [0.5, 0.6) is 0 Å². The third kappa shape index (κ3) is 4.89. The number of likely N-dealkylation sites (tertiary alicyclic amines) is 1. The Balaban J connectivity index is 2.13. The van der Waals surface area contributed by atoms with E-state index in [0.717, 1.165) is 25.9 Å². The van der Waals surface area contributed by atoms with Crippen LogP contribution >= 0.6 is 11.8 Å². The first kappa shape index (κ1) is 14.9. The average molecular weight is 254 g/mol. The normalized spacial score (nSPS) is 20.1. The molecule has 17 heavy (non-hydrogen) atoms. The molecule has 0 atom stereocenters. The standard InChI is InChI=1S/C14H26N2S/c1-3-4-5-6-7-10-16-11-8-14(13-15,17-2)9-12-16/h3-12H2,1-2H3. The van der Waals surface area contributed by atoms with E-state index in [2.05, 4.69) is 24.1 Å². The van der Waals surface area contributed by atoms with E-state index in [9.17, 15) is 5.26 Å². The van der Waals surface area contributed by atoms with Crippen molar-refractivity contribution in [1.29, 1.82) is 5.26 Å². The number of rotatable bonds is 7. The van der Waals surface area contributed by atoms with Gasteiger partial charge in [0.1, 0.15) is 4.75 Å². The van der Waals surface area contributed by atoms with E-state index in [4.69, 9.17) is 0 Å². The van der Waals surface area contributed by atoms with Crippen molar-refractivity contribution in [2.24, 2.45) is 0 Å². The topological polar surface area (TPSA) is 27.0 Å². The van der Waals surface area contributed by atoms with E-state index in [1.165, 1.54) is 38.6 Å². The molecule has 1 aliphatic rings. The summed E-state index contributed by atoms with van der Waals surface area (Å²) in [5, 5.41) is 9.21. The first-order chi connectivity index (χ1) is 8.26. The van der Waals surface area contributed by atoms with E-state index < -0.39 is 0 Å². The molecule has 2 nitrogen and oxygen atoms in total. The van der Waals surface area contributed by atoms with Crippen LogP contribution in [0.25, 0.3) is 0 Å². The molecule has 1 fully saturated rings. The number of nitriles is 1. The van der Waals surface area contributed by atoms with Crippen molar-refractivity contribution in [2.45, 2.75) is 56.6 Å². The maximum atomic E-state index is 9.21. The Hall–Kier alpha value is -0.200. The van der Waals surface area contributed by atoms with Gasteiger partial charge in [0, 0.05) is 13.1 Å². The highest BCUT2D eigenvalue weighted by Crippen LogP contribution is 2.33. The number of unbranched alkanes of at least 4 members (excludes halogenated alkanes) is 4. The van der Waals surface area contributed by atoms with Gasteiger partial charge >= 0.3 is 0 Å². The number of nitrogens with zero attached hydrogens (tertiary/aromatic N) is 2. The molecular weight excluding hydrogens is 228 g/mol. The zero-order valence-electron chi connectivity index (χ0n) is 11.4. The van der Waals surface area contributed by atoms with E-state index in [1.54, 1.807) is 11.8 Å². The maximum Gasteiger partial charge on any atom is 0.104 e. The van der Waals surface area contributed by atoms with E-state index in [-0.39, 0.29) is 4.75 Å². The molecule has 1 saturated heterocycles. The molecule has 0 bridgehead atoms. The Morgan fingerprint density at radius 2 is 1.82 bits per heavy atom. The molecule has 0 radical (unpaired) electrons. The zero-order valence-corrected chi connectivity index (χ0v) is 12.2. The minimum absolute atomic E-state index is 0.0846. The Morgan fingerprint density at radius 3 is 2.35 bits per heavy atom. The smallest absolute Gasteiger partial charge is 0.104 e. The van der Waals surface area contributed by atoms with Gasteiger partial charge in [-0.05, 0) is 32.1 Å². The van der Waals surface area contributed by atoms with Gasteiger partial charge in [-0.1, -0.05) is 32.6 Å². The SMILES string of the molecule is CCCCCCCN1CCC(C#N)(SC)CC1. The van der Waals surface area contributed by atoms with Crippen LogP contribution in [0.1, 0.15) is 51.9 Å². The van der Waals surface area contributed by atoms with E-state index >= 15 is 0 Å². The minimum Gasteiger partial charge on any atom is -0.303 e. The fourth-order valence-electron chi connectivity index (χ4n) is 2.44. The van der Waals surface area contributed by atoms with Gasteiger partial charge in [0.2, 0.25) is 0 Å². The highest BCUT2D eigenvalue weighted by Gasteiger charge is 2.33. The van der Waals surface area contributed by atoms with Crippen LogP contribution in [0.4, 0.5) is 0 Å². The van der Waals surface area contributed by atoms with Gasteiger partial charge in [0.15, 0.2) is 0 Å². The molecule has 0 aromatic carbocycles. The quantitative estimate of drug-likeness (QED) is 0.649. The molecule has 98 valence electrons. The summed E-state index contributed by atoms with van der Waals surface area (Å²) in [5.41, 5.74) is 0. The Morgan fingerprint density at radius 1 is 1.18 bits per heavy atom. The van der Waals surface area contributed by atoms with Crippen molar-refractivity contribution < 1.29 is 0 Å². The zero-order chi connectivity index (χ0) is 12.6. The van der Waals surface area contributed by atoms with Gasteiger partial charge < -0.3 is 4.90 Å². The van der Waals surface area contributed by atoms with Crippen molar-refractivity contribution in [3.63, 3.8) is 0 Å². The summed E-state index contributed by atoms with van der Waals surface area (Å²) < 4.78 is -0.0846. The summed E-state index contributed by atoms with van der Waals surface area (Å²) in [4.78, 5) is 2.54. The maximum absolute atomic E-state index is 9.21. The van der Waals surface area contributed by atoms with Crippen molar-refractivity contribution in [2.75, 3.05) is 25.9 Å². The molecule has 0 aromatic heterocycles. The summed E-state index contributed by atoms with van der Waals surface area (Å²) in [5.74, 6) is 0. The number of hydrogen-bond acceptors (Lipinski definition) is 3. The van der Waals surface area contributed by atoms with Gasteiger partial charge in [0.25, 0.3) is 0 Å². The van der Waals surface area contributed by atoms with Gasteiger partial charge in [0.05, 0.1) is 6.07 Å². The van der Waals surface area contributed by atoms with Gasteiger partial charge in [-0.15, -0.1) is 11.8 Å². The lowest BCUT2D eigenvalue weighted by Gasteiger charge is -2.36. The van der Waals surface area contributed by atoms with Crippen LogP contribution in [-0.4, -0.2) is 35.5 Å². The molecule has 0 aromatic rings. The summed E-state index contributed by atoms with van der Waals surface area (Å²) in [6, 6.07) is 2.51. The largest absolute Gasteiger partial charge is 0.303 e. The van der Waals surface area contributed by atoms with E-state index in [1.807, 2.05) is 0 Å². The molecule has 3 heteroatoms. The second-order valence-corrected chi connectivity index (χ2v) is 6.26. The van der Waals surface area contributed by atoms with Gasteiger partial charge in [-0.25, -0.2) is 0 Å². The lowest BCUT2D eigenvalue weighted by molar-refractivity contribution is 0.213. The summed E-state index contributed by atoms with van der Waals surface area (Å²) in [6.45, 7) is 5.72. The molecule has 1 heterocycles. The van der Waals surface area contributed by atoms with Crippen LogP contribution < -0.4 is 0 Å². The van der Waals surface area contributed by atoms with Crippen LogP contribution in [0.2, 0.25) is 0 Å². The van der Waals surface area contributed by atoms with Crippen molar-refractivity contribution in [3.8, 4) is 6.07 Å². The first-order valence-electron chi connectivity index (χ1n) is 6.95. The van der Waals surface area contributed by atoms with Crippen molar-refractivity contribution in [3.05, 3.63) is 0 Å². The molecule has 0 saturated carbocycles. The number of piperidine rings is 1. The Bertz CT molecular complexity index is 239. The van der Waals surface area contributed by atoms with Gasteiger partial charge in [-0.3, -0.25) is 0 Å².